The molecule has 0 unspecified atom stereocenters. The number of nitrogens with two attached hydrogens (primary N) is 1. The minimum absolute atomic E-state index is 0.592. The van der Waals surface area contributed by atoms with Crippen molar-refractivity contribution in [1.29, 1.82) is 0 Å². The number of nitrogens with zero attached hydrogens (tertiary/aromatic N) is 2. The summed E-state index contributed by atoms with van der Waals surface area (Å²) in [6.07, 6.45) is 1.76. The molecule has 0 aliphatic heterocycles. The summed E-state index contributed by atoms with van der Waals surface area (Å²) in [4.78, 5) is 0. The predicted octanol–water partition coefficient (Wildman–Crippen LogP) is 1.52. The highest BCUT2D eigenvalue weighted by Crippen LogP contribution is 2.16. The van der Waals surface area contributed by atoms with Crippen molar-refractivity contribution >= 4 is 11.5 Å². The van der Waals surface area contributed by atoms with Crippen LogP contribution < -0.4 is 11.1 Å². The van der Waals surface area contributed by atoms with Crippen molar-refractivity contribution in [3.63, 3.8) is 0 Å². The maximum Gasteiger partial charge on any atom is 0.171 e. The lowest BCUT2D eigenvalue weighted by Gasteiger charge is -2.00. The van der Waals surface area contributed by atoms with Gasteiger partial charge in [0.2, 0.25) is 0 Å². The third kappa shape index (κ3) is 2.12. The average molecular weight is 206 g/mol. The summed E-state index contributed by atoms with van der Waals surface area (Å²) in [6, 6.07) is 3.86. The topological polar surface area (TPSA) is 69.0 Å². The van der Waals surface area contributed by atoms with E-state index in [1.807, 2.05) is 26.1 Å². The Kier molecular flexibility index (Phi) is 2.37. The second kappa shape index (κ2) is 3.68. The summed E-state index contributed by atoms with van der Waals surface area (Å²) in [5.74, 6) is 2.46. The maximum absolute atomic E-state index is 5.73. The molecule has 5 heteroatoms. The van der Waals surface area contributed by atoms with Gasteiger partial charge < -0.3 is 15.5 Å². The molecule has 5 nitrogen and oxygen atoms in total. The Labute approximate surface area is 87.9 Å². The highest BCUT2D eigenvalue weighted by atomic mass is 16.3. The molecular formula is C10H14N4O. The molecule has 0 atom stereocenters. The summed E-state index contributed by atoms with van der Waals surface area (Å²) < 4.78 is 7.09. The van der Waals surface area contributed by atoms with Crippen LogP contribution in [0.15, 0.2) is 22.7 Å². The van der Waals surface area contributed by atoms with Crippen molar-refractivity contribution in [2.75, 3.05) is 11.1 Å². The second-order valence-corrected chi connectivity index (χ2v) is 3.47. The third-order valence-corrected chi connectivity index (χ3v) is 2.08. The van der Waals surface area contributed by atoms with Crippen LogP contribution in [0.4, 0.5) is 11.5 Å². The summed E-state index contributed by atoms with van der Waals surface area (Å²) >= 11 is 0. The van der Waals surface area contributed by atoms with E-state index in [-0.39, 0.29) is 0 Å². The lowest BCUT2D eigenvalue weighted by Crippen LogP contribution is -2.01. The first-order valence-corrected chi connectivity index (χ1v) is 4.73. The van der Waals surface area contributed by atoms with E-state index in [9.17, 15) is 0 Å². The minimum atomic E-state index is 0.592. The Morgan fingerprint density at radius 1 is 1.53 bits per heavy atom. The molecule has 3 N–H and O–H groups in total. The van der Waals surface area contributed by atoms with Gasteiger partial charge in [-0.2, -0.15) is 5.10 Å². The SMILES string of the molecule is Cc1ccc(CNc2nn(C)cc2N)o1. The fourth-order valence-corrected chi connectivity index (χ4v) is 1.40. The van der Waals surface area contributed by atoms with Gasteiger partial charge in [-0.15, -0.1) is 0 Å². The van der Waals surface area contributed by atoms with Gasteiger partial charge in [0, 0.05) is 13.2 Å². The zero-order valence-electron chi connectivity index (χ0n) is 8.82. The van der Waals surface area contributed by atoms with E-state index >= 15 is 0 Å². The van der Waals surface area contributed by atoms with E-state index in [1.54, 1.807) is 10.9 Å². The normalized spacial score (nSPS) is 10.5. The molecule has 2 aromatic rings. The van der Waals surface area contributed by atoms with Crippen LogP contribution in [0.25, 0.3) is 0 Å². The molecule has 2 heterocycles. The number of rotatable bonds is 3. The highest BCUT2D eigenvalue weighted by molar-refractivity contribution is 5.59. The molecule has 0 amide bonds. The monoisotopic (exact) mass is 206 g/mol. The quantitative estimate of drug-likeness (QED) is 0.798. The second-order valence-electron chi connectivity index (χ2n) is 3.47. The van der Waals surface area contributed by atoms with E-state index in [4.69, 9.17) is 10.2 Å². The standard InChI is InChI=1S/C10H14N4O/c1-7-3-4-8(15-7)5-12-10-9(11)6-14(2)13-10/h3-4,6H,5,11H2,1-2H3,(H,12,13). The molecule has 0 spiro atoms. The Hall–Kier alpha value is -1.91. The number of anilines is 2. The van der Waals surface area contributed by atoms with Gasteiger partial charge in [0.1, 0.15) is 11.5 Å². The molecule has 2 rings (SSSR count). The van der Waals surface area contributed by atoms with Crippen LogP contribution in [-0.4, -0.2) is 9.78 Å². The van der Waals surface area contributed by atoms with Crippen LogP contribution in [0.2, 0.25) is 0 Å². The van der Waals surface area contributed by atoms with Crippen LogP contribution in [-0.2, 0) is 13.6 Å². The van der Waals surface area contributed by atoms with Gasteiger partial charge in [-0.05, 0) is 19.1 Å². The summed E-state index contributed by atoms with van der Waals surface area (Å²) in [7, 11) is 1.83. The third-order valence-electron chi connectivity index (χ3n) is 2.08. The Morgan fingerprint density at radius 3 is 2.87 bits per heavy atom. The Morgan fingerprint density at radius 2 is 2.33 bits per heavy atom. The molecule has 0 fully saturated rings. The first-order valence-electron chi connectivity index (χ1n) is 4.73. The van der Waals surface area contributed by atoms with Gasteiger partial charge in [-0.3, -0.25) is 4.68 Å². The smallest absolute Gasteiger partial charge is 0.171 e. The van der Waals surface area contributed by atoms with Crippen LogP contribution in [0.1, 0.15) is 11.5 Å². The van der Waals surface area contributed by atoms with Gasteiger partial charge >= 0.3 is 0 Å². The van der Waals surface area contributed by atoms with Crippen LogP contribution in [0.5, 0.6) is 0 Å². The summed E-state index contributed by atoms with van der Waals surface area (Å²) in [5, 5.41) is 7.28. The molecule has 2 aromatic heterocycles. The minimum Gasteiger partial charge on any atom is -0.465 e. The number of aromatic nitrogens is 2. The molecule has 0 saturated heterocycles. The van der Waals surface area contributed by atoms with Crippen LogP contribution in [0, 0.1) is 6.92 Å². The number of aryl methyl sites for hydroxylation is 2. The molecule has 80 valence electrons. The molecule has 0 aromatic carbocycles. The Bertz CT molecular complexity index is 458. The summed E-state index contributed by atoms with van der Waals surface area (Å²) in [6.45, 7) is 2.51. The van der Waals surface area contributed by atoms with Gasteiger partial charge in [0.25, 0.3) is 0 Å². The average Bonchev–Trinajstić information content (AvgIpc) is 2.70. The highest BCUT2D eigenvalue weighted by Gasteiger charge is 2.04. The lowest BCUT2D eigenvalue weighted by atomic mass is 10.4. The molecule has 0 aliphatic rings. The van der Waals surface area contributed by atoms with Crippen molar-refractivity contribution in [3.8, 4) is 0 Å². The molecule has 0 bridgehead atoms. The largest absolute Gasteiger partial charge is 0.465 e. The van der Waals surface area contributed by atoms with Crippen molar-refractivity contribution in [2.45, 2.75) is 13.5 Å². The van der Waals surface area contributed by atoms with Crippen LogP contribution in [0.3, 0.4) is 0 Å². The number of hydrogen-bond acceptors (Lipinski definition) is 4. The van der Waals surface area contributed by atoms with Gasteiger partial charge in [-0.25, -0.2) is 0 Å². The van der Waals surface area contributed by atoms with Crippen molar-refractivity contribution < 1.29 is 4.42 Å². The predicted molar refractivity (Wildman–Crippen MR) is 58.4 cm³/mol. The van der Waals surface area contributed by atoms with E-state index in [0.717, 1.165) is 11.5 Å². The van der Waals surface area contributed by atoms with E-state index in [2.05, 4.69) is 10.4 Å². The molecule has 0 aliphatic carbocycles. The number of hydrogen-bond donors (Lipinski definition) is 2. The Balaban J connectivity index is 2.01. The zero-order valence-corrected chi connectivity index (χ0v) is 8.82. The first-order chi connectivity index (χ1) is 7.15. The fourth-order valence-electron chi connectivity index (χ4n) is 1.40. The van der Waals surface area contributed by atoms with E-state index in [0.29, 0.717) is 18.1 Å². The number of nitrogen functional groups attached to an aromatic ring is 1. The number of furan rings is 1. The van der Waals surface area contributed by atoms with Crippen molar-refractivity contribution in [2.24, 2.45) is 7.05 Å². The van der Waals surface area contributed by atoms with Gasteiger partial charge in [0.05, 0.1) is 12.2 Å². The maximum atomic E-state index is 5.73. The molecule has 0 saturated carbocycles. The first kappa shape index (κ1) is 9.64. The zero-order chi connectivity index (χ0) is 10.8. The fraction of sp³-hybridized carbons (Fsp3) is 0.300. The van der Waals surface area contributed by atoms with E-state index < -0.39 is 0 Å². The van der Waals surface area contributed by atoms with Gasteiger partial charge in [0.15, 0.2) is 5.82 Å². The van der Waals surface area contributed by atoms with Crippen LogP contribution >= 0.6 is 0 Å². The van der Waals surface area contributed by atoms with Gasteiger partial charge in [-0.1, -0.05) is 0 Å². The molecule has 15 heavy (non-hydrogen) atoms. The van der Waals surface area contributed by atoms with Crippen molar-refractivity contribution in [3.05, 3.63) is 29.9 Å². The van der Waals surface area contributed by atoms with E-state index in [1.165, 1.54) is 0 Å². The molecular weight excluding hydrogens is 192 g/mol. The lowest BCUT2D eigenvalue weighted by molar-refractivity contribution is 0.490. The number of nitrogens with one attached hydrogen (secondary N) is 1. The summed E-state index contributed by atoms with van der Waals surface area (Å²) in [5.41, 5.74) is 6.37. The molecule has 0 radical (unpaired) electrons. The van der Waals surface area contributed by atoms with Crippen molar-refractivity contribution in [1.82, 2.24) is 9.78 Å².